The van der Waals surface area contributed by atoms with Crippen LogP contribution < -0.4 is 5.32 Å². The Hall–Kier alpha value is -0.770. The number of hydrogen-bond acceptors (Lipinski definition) is 3. The van der Waals surface area contributed by atoms with Crippen LogP contribution in [0.15, 0.2) is 0 Å². The normalized spacial score (nSPS) is 32.8. The van der Waals surface area contributed by atoms with Crippen LogP contribution in [0.1, 0.15) is 6.42 Å². The zero-order chi connectivity index (χ0) is 9.26. The molecule has 0 saturated carbocycles. The Balaban J connectivity index is 1.94. The fraction of sp³-hybridized carbons (Fsp3) is 0.889. The average molecular weight is 184 g/mol. The van der Waals surface area contributed by atoms with Crippen LogP contribution in [-0.4, -0.2) is 44.3 Å². The largest absolute Gasteiger partial charge is 0.453 e. The Morgan fingerprint density at radius 2 is 2.23 bits per heavy atom. The van der Waals surface area contributed by atoms with Crippen LogP contribution in [0.5, 0.6) is 0 Å². The predicted molar refractivity (Wildman–Crippen MR) is 48.4 cm³/mol. The second-order valence-corrected chi connectivity index (χ2v) is 3.89. The summed E-state index contributed by atoms with van der Waals surface area (Å²) in [5, 5.41) is 3.35. The van der Waals surface area contributed by atoms with E-state index in [-0.39, 0.29) is 6.09 Å². The Bertz CT molecular complexity index is 194. The maximum atomic E-state index is 11.2. The van der Waals surface area contributed by atoms with Crippen LogP contribution >= 0.6 is 0 Å². The van der Waals surface area contributed by atoms with E-state index in [2.05, 4.69) is 5.32 Å². The standard InChI is InChI=1S/C9H16N2O2/c1-13-9(12)11-5-7-2-3-10-4-8(7)6-11/h7-8,10H,2-6H2,1H3. The van der Waals surface area contributed by atoms with Gasteiger partial charge in [0.15, 0.2) is 0 Å². The van der Waals surface area contributed by atoms with Crippen molar-refractivity contribution in [2.45, 2.75) is 6.42 Å². The number of nitrogens with one attached hydrogen (secondary N) is 1. The van der Waals surface area contributed by atoms with E-state index < -0.39 is 0 Å². The average Bonchev–Trinajstić information content (AvgIpc) is 2.59. The third-order valence-electron chi connectivity index (χ3n) is 3.11. The zero-order valence-electron chi connectivity index (χ0n) is 7.95. The summed E-state index contributed by atoms with van der Waals surface area (Å²) >= 11 is 0. The van der Waals surface area contributed by atoms with Gasteiger partial charge in [0, 0.05) is 13.1 Å². The van der Waals surface area contributed by atoms with E-state index in [0.717, 1.165) is 26.2 Å². The number of ether oxygens (including phenoxy) is 1. The molecule has 0 aromatic heterocycles. The summed E-state index contributed by atoms with van der Waals surface area (Å²) in [7, 11) is 1.45. The second-order valence-electron chi connectivity index (χ2n) is 3.89. The summed E-state index contributed by atoms with van der Waals surface area (Å²) in [4.78, 5) is 13.1. The van der Waals surface area contributed by atoms with Crippen LogP contribution in [0.2, 0.25) is 0 Å². The van der Waals surface area contributed by atoms with Gasteiger partial charge in [0.2, 0.25) is 0 Å². The van der Waals surface area contributed by atoms with Crippen LogP contribution in [0.3, 0.4) is 0 Å². The number of piperidine rings is 1. The summed E-state index contributed by atoms with van der Waals surface area (Å²) < 4.78 is 4.71. The molecule has 2 saturated heterocycles. The van der Waals surface area contributed by atoms with Crippen molar-refractivity contribution in [3.63, 3.8) is 0 Å². The van der Waals surface area contributed by atoms with Crippen molar-refractivity contribution < 1.29 is 9.53 Å². The first-order chi connectivity index (χ1) is 6.31. The number of likely N-dealkylation sites (tertiary alicyclic amines) is 1. The van der Waals surface area contributed by atoms with Gasteiger partial charge in [0.1, 0.15) is 0 Å². The Labute approximate surface area is 78.2 Å². The van der Waals surface area contributed by atoms with Gasteiger partial charge in [-0.2, -0.15) is 0 Å². The van der Waals surface area contributed by atoms with Gasteiger partial charge in [-0.3, -0.25) is 0 Å². The van der Waals surface area contributed by atoms with Crippen LogP contribution in [-0.2, 0) is 4.74 Å². The van der Waals surface area contributed by atoms with Crippen LogP contribution in [0.4, 0.5) is 4.79 Å². The number of hydrogen-bond donors (Lipinski definition) is 1. The van der Waals surface area contributed by atoms with Gasteiger partial charge < -0.3 is 15.0 Å². The van der Waals surface area contributed by atoms with E-state index in [0.29, 0.717) is 11.8 Å². The molecule has 2 unspecified atom stereocenters. The number of nitrogens with zero attached hydrogens (tertiary/aromatic N) is 1. The maximum absolute atomic E-state index is 11.2. The molecule has 4 nitrogen and oxygen atoms in total. The van der Waals surface area contributed by atoms with E-state index in [9.17, 15) is 4.79 Å². The molecule has 0 aliphatic carbocycles. The first kappa shape index (κ1) is 8.81. The smallest absolute Gasteiger partial charge is 0.409 e. The first-order valence-corrected chi connectivity index (χ1v) is 4.85. The Morgan fingerprint density at radius 3 is 2.92 bits per heavy atom. The fourth-order valence-corrected chi connectivity index (χ4v) is 2.35. The number of methoxy groups -OCH3 is 1. The predicted octanol–water partition coefficient (Wildman–Crippen LogP) is 0.294. The molecule has 0 radical (unpaired) electrons. The molecular formula is C9H16N2O2. The number of amides is 1. The third-order valence-corrected chi connectivity index (χ3v) is 3.11. The molecule has 4 heteroatoms. The molecule has 2 fully saturated rings. The summed E-state index contributed by atoms with van der Waals surface area (Å²) in [6.45, 7) is 3.90. The monoisotopic (exact) mass is 184 g/mol. The lowest BCUT2D eigenvalue weighted by Gasteiger charge is -2.23. The van der Waals surface area contributed by atoms with Gasteiger partial charge >= 0.3 is 6.09 Å². The highest BCUT2D eigenvalue weighted by Crippen LogP contribution is 2.28. The molecule has 2 rings (SSSR count). The van der Waals surface area contributed by atoms with Crippen LogP contribution in [0, 0.1) is 11.8 Å². The van der Waals surface area contributed by atoms with Crippen molar-refractivity contribution in [1.82, 2.24) is 10.2 Å². The third kappa shape index (κ3) is 1.63. The van der Waals surface area contributed by atoms with Crippen molar-refractivity contribution in [1.29, 1.82) is 0 Å². The molecule has 0 spiro atoms. The maximum Gasteiger partial charge on any atom is 0.409 e. The molecule has 74 valence electrons. The van der Waals surface area contributed by atoms with Gasteiger partial charge in [-0.15, -0.1) is 0 Å². The summed E-state index contributed by atoms with van der Waals surface area (Å²) in [5.74, 6) is 1.34. The first-order valence-electron chi connectivity index (χ1n) is 4.85. The molecule has 2 heterocycles. The highest BCUT2D eigenvalue weighted by molar-refractivity contribution is 5.67. The molecule has 1 N–H and O–H groups in total. The summed E-state index contributed by atoms with van der Waals surface area (Å²) in [6, 6.07) is 0. The number of fused-ring (bicyclic) bond motifs is 1. The molecular weight excluding hydrogens is 168 g/mol. The minimum atomic E-state index is -0.172. The molecule has 2 aliphatic heterocycles. The molecule has 13 heavy (non-hydrogen) atoms. The Morgan fingerprint density at radius 1 is 1.46 bits per heavy atom. The lowest BCUT2D eigenvalue weighted by molar-refractivity contribution is 0.131. The minimum Gasteiger partial charge on any atom is -0.453 e. The minimum absolute atomic E-state index is 0.172. The highest BCUT2D eigenvalue weighted by Gasteiger charge is 2.36. The van der Waals surface area contributed by atoms with Gasteiger partial charge in [0.05, 0.1) is 7.11 Å². The van der Waals surface area contributed by atoms with Gasteiger partial charge in [-0.25, -0.2) is 4.79 Å². The van der Waals surface area contributed by atoms with Crippen molar-refractivity contribution in [2.75, 3.05) is 33.3 Å². The Kier molecular flexibility index (Phi) is 2.40. The van der Waals surface area contributed by atoms with Gasteiger partial charge in [-0.05, 0) is 31.3 Å². The summed E-state index contributed by atoms with van der Waals surface area (Å²) in [6.07, 6.45) is 1.02. The second kappa shape index (κ2) is 3.54. The van der Waals surface area contributed by atoms with Crippen molar-refractivity contribution in [3.8, 4) is 0 Å². The van der Waals surface area contributed by atoms with Gasteiger partial charge in [0.25, 0.3) is 0 Å². The quantitative estimate of drug-likeness (QED) is 0.588. The fourth-order valence-electron chi connectivity index (χ4n) is 2.35. The number of carbonyl (C=O) groups excluding carboxylic acids is 1. The SMILES string of the molecule is COC(=O)N1CC2CCNCC2C1. The summed E-state index contributed by atoms with van der Waals surface area (Å²) in [5.41, 5.74) is 0. The highest BCUT2D eigenvalue weighted by atomic mass is 16.5. The topological polar surface area (TPSA) is 41.6 Å². The van der Waals surface area contributed by atoms with E-state index in [1.807, 2.05) is 4.90 Å². The van der Waals surface area contributed by atoms with Gasteiger partial charge in [-0.1, -0.05) is 0 Å². The van der Waals surface area contributed by atoms with Crippen LogP contribution in [0.25, 0.3) is 0 Å². The lowest BCUT2D eigenvalue weighted by Crippen LogP contribution is -2.35. The molecule has 2 aliphatic rings. The van der Waals surface area contributed by atoms with E-state index >= 15 is 0 Å². The van der Waals surface area contributed by atoms with Crippen molar-refractivity contribution in [3.05, 3.63) is 0 Å². The number of rotatable bonds is 0. The molecule has 2 atom stereocenters. The molecule has 0 aromatic rings. The molecule has 0 bridgehead atoms. The zero-order valence-corrected chi connectivity index (χ0v) is 7.95. The van der Waals surface area contributed by atoms with E-state index in [4.69, 9.17) is 4.74 Å². The number of carbonyl (C=O) groups is 1. The molecule has 1 amide bonds. The lowest BCUT2D eigenvalue weighted by atomic mass is 9.90. The van der Waals surface area contributed by atoms with E-state index in [1.165, 1.54) is 13.5 Å². The van der Waals surface area contributed by atoms with Crippen molar-refractivity contribution in [2.24, 2.45) is 11.8 Å². The van der Waals surface area contributed by atoms with Crippen molar-refractivity contribution >= 4 is 6.09 Å². The van der Waals surface area contributed by atoms with E-state index in [1.54, 1.807) is 0 Å². The molecule has 0 aromatic carbocycles.